The molecule has 0 spiro atoms. The van der Waals surface area contributed by atoms with Crippen LogP contribution >= 0.6 is 0 Å². The molecule has 29 heavy (non-hydrogen) atoms. The third-order valence-electron chi connectivity index (χ3n) is 5.13. The monoisotopic (exact) mass is 376 g/mol. The van der Waals surface area contributed by atoms with Crippen LogP contribution in [0.15, 0.2) is 103 Å². The number of aromatic nitrogens is 2. The van der Waals surface area contributed by atoms with Crippen LogP contribution < -0.4 is 4.74 Å². The van der Waals surface area contributed by atoms with Crippen molar-refractivity contribution in [1.82, 2.24) is 9.38 Å². The number of hydrogen-bond donors (Lipinski definition) is 0. The number of imidazole rings is 1. The minimum atomic E-state index is 0.820. The first-order valence-electron chi connectivity index (χ1n) is 9.60. The van der Waals surface area contributed by atoms with Gasteiger partial charge in [-0.15, -0.1) is 0 Å². The van der Waals surface area contributed by atoms with E-state index in [2.05, 4.69) is 71.4 Å². The van der Waals surface area contributed by atoms with Gasteiger partial charge in [0.05, 0.1) is 12.8 Å². The van der Waals surface area contributed by atoms with Crippen LogP contribution in [0, 0.1) is 0 Å². The van der Waals surface area contributed by atoms with Gasteiger partial charge in [0.25, 0.3) is 0 Å². The lowest BCUT2D eigenvalue weighted by atomic mass is 10.0. The number of ether oxygens (including phenoxy) is 1. The molecule has 2 aromatic heterocycles. The van der Waals surface area contributed by atoms with Gasteiger partial charge in [-0.25, -0.2) is 4.98 Å². The second-order valence-electron chi connectivity index (χ2n) is 6.93. The van der Waals surface area contributed by atoms with Crippen LogP contribution in [0.4, 0.5) is 0 Å². The van der Waals surface area contributed by atoms with E-state index in [1.807, 2.05) is 36.4 Å². The van der Waals surface area contributed by atoms with Crippen molar-refractivity contribution in [3.8, 4) is 39.3 Å². The van der Waals surface area contributed by atoms with E-state index in [0.29, 0.717) is 0 Å². The normalized spacial score (nSPS) is 10.9. The van der Waals surface area contributed by atoms with Gasteiger partial charge in [0.2, 0.25) is 0 Å². The second-order valence-corrected chi connectivity index (χ2v) is 6.93. The molecule has 140 valence electrons. The van der Waals surface area contributed by atoms with Crippen molar-refractivity contribution in [2.75, 3.05) is 7.11 Å². The summed E-state index contributed by atoms with van der Waals surface area (Å²) in [6.07, 6.45) is 4.22. The van der Waals surface area contributed by atoms with Gasteiger partial charge in [0.15, 0.2) is 0 Å². The van der Waals surface area contributed by atoms with Crippen molar-refractivity contribution in [3.05, 3.63) is 103 Å². The first-order valence-corrected chi connectivity index (χ1v) is 9.60. The fraction of sp³-hybridized carbons (Fsp3) is 0.0385. The highest BCUT2D eigenvalue weighted by Gasteiger charge is 2.14. The number of para-hydroxylation sites is 1. The summed E-state index contributed by atoms with van der Waals surface area (Å²) in [6.45, 7) is 0. The van der Waals surface area contributed by atoms with Crippen LogP contribution in [0.3, 0.4) is 0 Å². The van der Waals surface area contributed by atoms with E-state index in [4.69, 9.17) is 9.72 Å². The zero-order chi connectivity index (χ0) is 19.6. The summed E-state index contributed by atoms with van der Waals surface area (Å²) >= 11 is 0. The van der Waals surface area contributed by atoms with Crippen molar-refractivity contribution >= 4 is 5.65 Å². The molecular weight excluding hydrogens is 356 g/mol. The Morgan fingerprint density at radius 1 is 0.655 bits per heavy atom. The maximum Gasteiger partial charge on any atom is 0.145 e. The molecule has 0 N–H and O–H groups in total. The number of nitrogens with zero attached hydrogens (tertiary/aromatic N) is 2. The van der Waals surface area contributed by atoms with Crippen LogP contribution in [0.5, 0.6) is 5.75 Å². The molecule has 0 amide bonds. The van der Waals surface area contributed by atoms with Crippen molar-refractivity contribution in [2.24, 2.45) is 0 Å². The Balaban J connectivity index is 1.77. The first-order chi connectivity index (χ1) is 14.3. The number of hydrogen-bond acceptors (Lipinski definition) is 2. The van der Waals surface area contributed by atoms with Crippen molar-refractivity contribution in [1.29, 1.82) is 0 Å². The Labute approximate surface area is 169 Å². The van der Waals surface area contributed by atoms with E-state index in [-0.39, 0.29) is 0 Å². The molecule has 0 radical (unpaired) electrons. The highest BCUT2D eigenvalue weighted by Crippen LogP contribution is 2.34. The van der Waals surface area contributed by atoms with Crippen LogP contribution in [0.25, 0.3) is 39.2 Å². The standard InChI is InChI=1S/C26H20N2O/c1-29-25-15-9-8-14-22(25)24-18-28-17-21(19-10-4-2-5-11-19)16-23(26(28)27-24)20-12-6-3-7-13-20/h2-18H,1H3. The Morgan fingerprint density at radius 2 is 1.31 bits per heavy atom. The van der Waals surface area contributed by atoms with Crippen molar-refractivity contribution in [3.63, 3.8) is 0 Å². The van der Waals surface area contributed by atoms with E-state index in [9.17, 15) is 0 Å². The quantitative estimate of drug-likeness (QED) is 0.366. The van der Waals surface area contributed by atoms with Crippen LogP contribution in [-0.2, 0) is 0 Å². The molecule has 0 unspecified atom stereocenters. The van der Waals surface area contributed by atoms with Crippen molar-refractivity contribution < 1.29 is 4.74 Å². The van der Waals surface area contributed by atoms with Gasteiger partial charge in [0.1, 0.15) is 11.4 Å². The minimum Gasteiger partial charge on any atom is -0.496 e. The van der Waals surface area contributed by atoms with Crippen LogP contribution in [0.2, 0.25) is 0 Å². The number of pyridine rings is 1. The number of benzene rings is 3. The minimum absolute atomic E-state index is 0.820. The molecule has 0 saturated carbocycles. The van der Waals surface area contributed by atoms with Crippen LogP contribution in [-0.4, -0.2) is 16.5 Å². The van der Waals surface area contributed by atoms with Gasteiger partial charge in [-0.3, -0.25) is 0 Å². The lowest BCUT2D eigenvalue weighted by Crippen LogP contribution is -1.91. The SMILES string of the molecule is COc1ccccc1-c1cn2cc(-c3ccccc3)cc(-c3ccccc3)c2n1. The Kier molecular flexibility index (Phi) is 4.34. The molecule has 3 heteroatoms. The summed E-state index contributed by atoms with van der Waals surface area (Å²) in [5.74, 6) is 0.820. The number of methoxy groups -OCH3 is 1. The van der Waals surface area contributed by atoms with E-state index < -0.39 is 0 Å². The van der Waals surface area contributed by atoms with Gasteiger partial charge >= 0.3 is 0 Å². The fourth-order valence-corrected chi connectivity index (χ4v) is 3.70. The average Bonchev–Trinajstić information content (AvgIpc) is 3.23. The molecule has 0 aliphatic rings. The van der Waals surface area contributed by atoms with Crippen molar-refractivity contribution in [2.45, 2.75) is 0 Å². The molecule has 0 atom stereocenters. The van der Waals surface area contributed by atoms with Gasteiger partial charge in [-0.05, 0) is 34.9 Å². The fourth-order valence-electron chi connectivity index (χ4n) is 3.70. The van der Waals surface area contributed by atoms with Gasteiger partial charge < -0.3 is 9.14 Å². The summed E-state index contributed by atoms with van der Waals surface area (Å²) < 4.78 is 7.67. The molecule has 0 fully saturated rings. The molecule has 0 bridgehead atoms. The molecule has 2 heterocycles. The van der Waals surface area contributed by atoms with E-state index in [0.717, 1.165) is 39.3 Å². The zero-order valence-corrected chi connectivity index (χ0v) is 16.1. The highest BCUT2D eigenvalue weighted by molar-refractivity contribution is 5.84. The summed E-state index contributed by atoms with van der Waals surface area (Å²) in [4.78, 5) is 4.99. The maximum absolute atomic E-state index is 5.55. The Morgan fingerprint density at radius 3 is 2.03 bits per heavy atom. The number of rotatable bonds is 4. The third kappa shape index (κ3) is 3.17. The molecule has 5 rings (SSSR count). The summed E-state index contributed by atoms with van der Waals surface area (Å²) in [5, 5.41) is 0. The molecule has 5 aromatic rings. The van der Waals surface area contributed by atoms with Gasteiger partial charge in [-0.2, -0.15) is 0 Å². The maximum atomic E-state index is 5.55. The first kappa shape index (κ1) is 17.3. The largest absolute Gasteiger partial charge is 0.496 e. The molecule has 3 nitrogen and oxygen atoms in total. The van der Waals surface area contributed by atoms with E-state index in [1.165, 1.54) is 5.56 Å². The lowest BCUT2D eigenvalue weighted by Gasteiger charge is -2.09. The lowest BCUT2D eigenvalue weighted by molar-refractivity contribution is 0.416. The van der Waals surface area contributed by atoms with Gasteiger partial charge in [0, 0.05) is 23.5 Å². The highest BCUT2D eigenvalue weighted by atomic mass is 16.5. The third-order valence-corrected chi connectivity index (χ3v) is 5.13. The molecular formula is C26H20N2O. The Hall–Kier alpha value is -3.85. The average molecular weight is 376 g/mol. The zero-order valence-electron chi connectivity index (χ0n) is 16.1. The van der Waals surface area contributed by atoms with Gasteiger partial charge in [-0.1, -0.05) is 72.8 Å². The summed E-state index contributed by atoms with van der Waals surface area (Å²) in [5.41, 5.74) is 7.39. The molecule has 0 saturated heterocycles. The molecule has 0 aliphatic carbocycles. The molecule has 0 aliphatic heterocycles. The molecule has 3 aromatic carbocycles. The van der Waals surface area contributed by atoms with E-state index in [1.54, 1.807) is 7.11 Å². The predicted octanol–water partition coefficient (Wildman–Crippen LogP) is 6.34. The topological polar surface area (TPSA) is 26.5 Å². The summed E-state index contributed by atoms with van der Waals surface area (Å²) in [6, 6.07) is 31.1. The second kappa shape index (κ2) is 7.28. The smallest absolute Gasteiger partial charge is 0.145 e. The van der Waals surface area contributed by atoms with E-state index >= 15 is 0 Å². The van der Waals surface area contributed by atoms with Crippen LogP contribution in [0.1, 0.15) is 0 Å². The predicted molar refractivity (Wildman–Crippen MR) is 118 cm³/mol. The Bertz CT molecular complexity index is 1270. The summed E-state index contributed by atoms with van der Waals surface area (Å²) in [7, 11) is 1.69. The number of fused-ring (bicyclic) bond motifs is 1.